The van der Waals surface area contributed by atoms with Crippen LogP contribution in [0.5, 0.6) is 0 Å². The van der Waals surface area contributed by atoms with Crippen molar-refractivity contribution in [3.63, 3.8) is 0 Å². The van der Waals surface area contributed by atoms with Gasteiger partial charge in [-0.05, 0) is 19.4 Å². The van der Waals surface area contributed by atoms with Crippen LogP contribution in [0.2, 0.25) is 0 Å². The molecule has 4 heteroatoms. The lowest BCUT2D eigenvalue weighted by Crippen LogP contribution is -2.05. The summed E-state index contributed by atoms with van der Waals surface area (Å²) in [5.74, 6) is -0.973. The van der Waals surface area contributed by atoms with Gasteiger partial charge in [0.05, 0.1) is 6.04 Å². The van der Waals surface area contributed by atoms with E-state index in [1.54, 1.807) is 0 Å². The molecule has 0 heterocycles. The van der Waals surface area contributed by atoms with Gasteiger partial charge in [-0.15, -0.1) is 0 Å². The van der Waals surface area contributed by atoms with Crippen LogP contribution < -0.4 is 0 Å². The second-order valence-corrected chi connectivity index (χ2v) is 3.79. The van der Waals surface area contributed by atoms with E-state index in [1.165, 1.54) is 19.1 Å². The summed E-state index contributed by atoms with van der Waals surface area (Å²) in [5, 5.41) is 8.70. The predicted octanol–water partition coefficient (Wildman–Crippen LogP) is 2.69. The minimum absolute atomic E-state index is 0.222. The van der Waals surface area contributed by atoms with E-state index < -0.39 is 5.97 Å². The molecule has 0 saturated heterocycles. The number of carbonyl (C=O) groups excluding carboxylic acids is 1. The number of isocyanates is 1. The Morgan fingerprint density at radius 3 is 2.62 bits per heavy atom. The maximum atomic E-state index is 10.6. The predicted molar refractivity (Wildman–Crippen MR) is 62.1 cm³/mol. The van der Waals surface area contributed by atoms with Crippen LogP contribution in [0.15, 0.2) is 16.6 Å². The number of hydrogen-bond acceptors (Lipinski definition) is 3. The number of carboxylic acids is 1. The van der Waals surface area contributed by atoms with Crippen molar-refractivity contribution in [3.05, 3.63) is 11.6 Å². The number of aliphatic carboxylic acids is 1. The third-order valence-corrected chi connectivity index (χ3v) is 2.35. The Bertz CT molecular complexity index is 291. The first-order chi connectivity index (χ1) is 7.61. The van der Waals surface area contributed by atoms with Crippen molar-refractivity contribution >= 4 is 12.0 Å². The largest absolute Gasteiger partial charge is 0.478 e. The molecule has 0 fully saturated rings. The Hall–Kier alpha value is -1.41. The van der Waals surface area contributed by atoms with Crippen molar-refractivity contribution in [3.8, 4) is 0 Å². The molecule has 16 heavy (non-hydrogen) atoms. The Morgan fingerprint density at radius 1 is 1.44 bits per heavy atom. The summed E-state index contributed by atoms with van der Waals surface area (Å²) in [7, 11) is 0. The number of rotatable bonds is 8. The van der Waals surface area contributed by atoms with E-state index in [2.05, 4.69) is 11.9 Å². The van der Waals surface area contributed by atoms with E-state index in [-0.39, 0.29) is 11.6 Å². The van der Waals surface area contributed by atoms with E-state index in [1.807, 2.05) is 0 Å². The summed E-state index contributed by atoms with van der Waals surface area (Å²) in [5.41, 5.74) is 0.222. The third-order valence-electron chi connectivity index (χ3n) is 2.35. The van der Waals surface area contributed by atoms with Gasteiger partial charge in [0.2, 0.25) is 6.08 Å². The second kappa shape index (κ2) is 8.86. The van der Waals surface area contributed by atoms with Gasteiger partial charge in [0, 0.05) is 5.57 Å². The number of hydrogen-bond donors (Lipinski definition) is 1. The van der Waals surface area contributed by atoms with E-state index in [4.69, 9.17) is 5.11 Å². The summed E-state index contributed by atoms with van der Waals surface area (Å²) >= 11 is 0. The number of aliphatic imine (C=N–C) groups is 1. The van der Waals surface area contributed by atoms with Gasteiger partial charge in [0.25, 0.3) is 0 Å². The average Bonchev–Trinajstić information content (AvgIpc) is 2.24. The summed E-state index contributed by atoms with van der Waals surface area (Å²) in [4.78, 5) is 24.4. The molecule has 0 rings (SSSR count). The summed E-state index contributed by atoms with van der Waals surface area (Å²) in [6.07, 6.45) is 8.04. The molecule has 90 valence electrons. The first-order valence-corrected chi connectivity index (χ1v) is 5.60. The number of unbranched alkanes of at least 4 members (excludes halogenated alkanes) is 3. The molecule has 0 aromatic rings. The van der Waals surface area contributed by atoms with Crippen molar-refractivity contribution in [1.29, 1.82) is 0 Å². The van der Waals surface area contributed by atoms with Gasteiger partial charge < -0.3 is 5.11 Å². The first-order valence-electron chi connectivity index (χ1n) is 5.60. The van der Waals surface area contributed by atoms with Crippen molar-refractivity contribution < 1.29 is 14.7 Å². The van der Waals surface area contributed by atoms with Crippen molar-refractivity contribution in [2.24, 2.45) is 4.99 Å². The van der Waals surface area contributed by atoms with Crippen LogP contribution in [0.3, 0.4) is 0 Å². The Morgan fingerprint density at radius 2 is 2.12 bits per heavy atom. The number of carboxylic acid groups (broad SMARTS) is 1. The van der Waals surface area contributed by atoms with Crippen molar-refractivity contribution in [2.75, 3.05) is 0 Å². The molecule has 0 spiro atoms. The fourth-order valence-corrected chi connectivity index (χ4v) is 1.39. The SMILES string of the molecule is CCCCCCC(C=C(C)C(=O)O)N=C=O. The highest BCUT2D eigenvalue weighted by Crippen LogP contribution is 2.10. The van der Waals surface area contributed by atoms with E-state index >= 15 is 0 Å². The summed E-state index contributed by atoms with van der Waals surface area (Å²) in [6, 6.07) is -0.342. The van der Waals surface area contributed by atoms with E-state index in [0.29, 0.717) is 6.42 Å². The fraction of sp³-hybridized carbons (Fsp3) is 0.667. The molecular weight excluding hydrogens is 206 g/mol. The van der Waals surface area contributed by atoms with Crippen LogP contribution in [0.25, 0.3) is 0 Å². The number of carbonyl (C=O) groups is 1. The second-order valence-electron chi connectivity index (χ2n) is 3.79. The Labute approximate surface area is 96.1 Å². The number of nitrogens with zero attached hydrogens (tertiary/aromatic N) is 1. The normalized spacial score (nSPS) is 13.0. The van der Waals surface area contributed by atoms with E-state index in [0.717, 1.165) is 25.7 Å². The van der Waals surface area contributed by atoms with Gasteiger partial charge in [-0.1, -0.05) is 32.6 Å². The maximum Gasteiger partial charge on any atom is 0.331 e. The molecule has 0 radical (unpaired) electrons. The topological polar surface area (TPSA) is 66.7 Å². The van der Waals surface area contributed by atoms with Gasteiger partial charge in [0.1, 0.15) is 0 Å². The first kappa shape index (κ1) is 14.6. The molecule has 0 aromatic carbocycles. The summed E-state index contributed by atoms with van der Waals surface area (Å²) in [6.45, 7) is 3.62. The maximum absolute atomic E-state index is 10.6. The van der Waals surface area contributed by atoms with Gasteiger partial charge in [-0.2, -0.15) is 4.99 Å². The Balaban J connectivity index is 4.22. The van der Waals surface area contributed by atoms with Gasteiger partial charge in [0.15, 0.2) is 0 Å². The highest BCUT2D eigenvalue weighted by atomic mass is 16.4. The quantitative estimate of drug-likeness (QED) is 0.299. The molecule has 1 N–H and O–H groups in total. The van der Waals surface area contributed by atoms with Crippen LogP contribution in [-0.4, -0.2) is 23.2 Å². The molecule has 0 amide bonds. The highest BCUT2D eigenvalue weighted by molar-refractivity contribution is 5.85. The van der Waals surface area contributed by atoms with E-state index in [9.17, 15) is 9.59 Å². The van der Waals surface area contributed by atoms with Gasteiger partial charge in [-0.25, -0.2) is 9.59 Å². The molecule has 0 aliphatic rings. The van der Waals surface area contributed by atoms with Crippen LogP contribution in [0.4, 0.5) is 0 Å². The van der Waals surface area contributed by atoms with Crippen LogP contribution in [0.1, 0.15) is 46.0 Å². The van der Waals surface area contributed by atoms with Gasteiger partial charge >= 0.3 is 5.97 Å². The molecule has 1 unspecified atom stereocenters. The molecule has 0 aliphatic heterocycles. The average molecular weight is 225 g/mol. The molecule has 0 bridgehead atoms. The third kappa shape index (κ3) is 6.96. The fourth-order valence-electron chi connectivity index (χ4n) is 1.39. The van der Waals surface area contributed by atoms with Gasteiger partial charge in [-0.3, -0.25) is 0 Å². The molecular formula is C12H19NO3. The van der Waals surface area contributed by atoms with Crippen molar-refractivity contribution in [2.45, 2.75) is 52.0 Å². The molecule has 1 atom stereocenters. The van der Waals surface area contributed by atoms with Crippen LogP contribution in [0, 0.1) is 0 Å². The van der Waals surface area contributed by atoms with Crippen LogP contribution in [-0.2, 0) is 9.59 Å². The zero-order chi connectivity index (χ0) is 12.4. The Kier molecular flexibility index (Phi) is 8.08. The molecule has 0 saturated carbocycles. The summed E-state index contributed by atoms with van der Waals surface area (Å²) < 4.78 is 0. The minimum atomic E-state index is -0.973. The van der Waals surface area contributed by atoms with Crippen molar-refractivity contribution in [1.82, 2.24) is 0 Å². The van der Waals surface area contributed by atoms with Crippen LogP contribution >= 0.6 is 0 Å². The minimum Gasteiger partial charge on any atom is -0.478 e. The lowest BCUT2D eigenvalue weighted by Gasteiger charge is -2.05. The highest BCUT2D eigenvalue weighted by Gasteiger charge is 2.07. The standard InChI is InChI=1S/C12H19NO3/c1-3-4-5-6-7-11(13-9-14)8-10(2)12(15)16/h8,11H,3-7H2,1-2H3,(H,15,16). The monoisotopic (exact) mass is 225 g/mol. The molecule has 4 nitrogen and oxygen atoms in total. The zero-order valence-corrected chi connectivity index (χ0v) is 9.90. The molecule has 0 aliphatic carbocycles. The lowest BCUT2D eigenvalue weighted by molar-refractivity contribution is -0.132. The lowest BCUT2D eigenvalue weighted by atomic mass is 10.1. The zero-order valence-electron chi connectivity index (χ0n) is 9.90. The molecule has 0 aromatic heterocycles. The smallest absolute Gasteiger partial charge is 0.331 e.